The minimum Gasteiger partial charge on any atom is -0.476 e. The first-order chi connectivity index (χ1) is 15.1. The Kier molecular flexibility index (Phi) is 44.9. The Morgan fingerprint density at radius 3 is 1.64 bits per heavy atom. The fourth-order valence-corrected chi connectivity index (χ4v) is 2.30. The molecular weight excluding hydrogens is 660 g/mol. The number of nitrogens with zero attached hydrogens (tertiary/aromatic N) is 1. The average Bonchev–Trinajstić information content (AvgIpc) is 3.24. The molecule has 0 bridgehead atoms. The molecular formula is C20H44Br2N6O5S3. The topological polar surface area (TPSA) is 193 Å². The third-order valence-corrected chi connectivity index (χ3v) is 4.41. The predicted molar refractivity (Wildman–Crippen MR) is 169 cm³/mol. The van der Waals surface area contributed by atoms with E-state index in [9.17, 15) is 14.4 Å². The molecule has 0 spiro atoms. The molecule has 0 aliphatic heterocycles. The fourth-order valence-electron chi connectivity index (χ4n) is 1.03. The van der Waals surface area contributed by atoms with Crippen LogP contribution in [0.2, 0.25) is 0 Å². The van der Waals surface area contributed by atoms with E-state index in [1.165, 1.54) is 18.4 Å². The fraction of sp³-hybridized carbons (Fsp3) is 0.600. The highest BCUT2D eigenvalue weighted by molar-refractivity contribution is 9.09. The molecule has 9 N–H and O–H groups in total. The van der Waals surface area contributed by atoms with Crippen molar-refractivity contribution in [3.8, 4) is 0 Å². The number of rotatable bonds is 4. The number of halogens is 2. The van der Waals surface area contributed by atoms with E-state index in [-0.39, 0.29) is 48.4 Å². The number of aromatic nitrogens is 1. The number of hydrogen-bond donors (Lipinski definition) is 7. The summed E-state index contributed by atoms with van der Waals surface area (Å²) in [5.74, 6) is -3.16. The Morgan fingerprint density at radius 2 is 1.53 bits per heavy atom. The molecule has 0 aromatic carbocycles. The molecule has 1 aromatic heterocycles. The summed E-state index contributed by atoms with van der Waals surface area (Å²) in [5.41, 5.74) is 9.64. The van der Waals surface area contributed by atoms with Crippen molar-refractivity contribution in [3.63, 3.8) is 0 Å². The molecule has 0 amide bonds. The molecule has 1 aromatic rings. The van der Waals surface area contributed by atoms with Gasteiger partial charge in [-0.2, -0.15) is 0 Å². The summed E-state index contributed by atoms with van der Waals surface area (Å²) in [6.07, 6.45) is 0.804. The van der Waals surface area contributed by atoms with Gasteiger partial charge in [0.1, 0.15) is 0 Å². The van der Waals surface area contributed by atoms with Crippen LogP contribution < -0.4 is 27.4 Å². The maximum atomic E-state index is 10.3. The van der Waals surface area contributed by atoms with Crippen molar-refractivity contribution in [2.24, 2.45) is 11.5 Å². The summed E-state index contributed by atoms with van der Waals surface area (Å²) >= 11 is 13.3. The number of carbonyl (C=O) groups excluding carboxylic acids is 1. The van der Waals surface area contributed by atoms with E-state index < -0.39 is 17.7 Å². The number of thiocarbonyl (C=S) groups is 2. The molecule has 1 rings (SSSR count). The smallest absolute Gasteiger partial charge is 0.373 e. The minimum absolute atomic E-state index is 0. The standard InChI is InChI=1S/C6H14N2S.C6H7NO2S.C3H3BrO3.C2H6N2S.CH5N.2CH4.BrH/c1-6(2,3)8-5(9)7-4;1-2-5-7-4(3-10-5)6(8)9;4-1-2(5)3(6)7;1-4-2(3)5;1-2;;;/h1-4H3,(H2,7,8,9);3H,2H2,1H3,(H,8,9);1H2,(H,6,7);1H3,(H3,3,4,5);2H2,1H3;2*1H4;1H. The van der Waals surface area contributed by atoms with Gasteiger partial charge in [0, 0.05) is 25.0 Å². The highest BCUT2D eigenvalue weighted by atomic mass is 79.9. The van der Waals surface area contributed by atoms with Crippen LogP contribution in [0.3, 0.4) is 0 Å². The van der Waals surface area contributed by atoms with Crippen molar-refractivity contribution in [3.05, 3.63) is 16.1 Å². The number of thiazole rings is 1. The zero-order valence-corrected chi connectivity index (χ0v) is 26.0. The van der Waals surface area contributed by atoms with Crippen LogP contribution in [0.5, 0.6) is 0 Å². The molecule has 11 nitrogen and oxygen atoms in total. The molecule has 0 unspecified atom stereocenters. The summed E-state index contributed by atoms with van der Waals surface area (Å²) in [6.45, 7) is 8.15. The first kappa shape index (κ1) is 51.2. The summed E-state index contributed by atoms with van der Waals surface area (Å²) in [6, 6.07) is 0. The number of nitrogens with two attached hydrogens (primary N) is 2. The average molecular weight is 705 g/mol. The zero-order chi connectivity index (χ0) is 27.2. The van der Waals surface area contributed by atoms with Crippen LogP contribution >= 0.6 is 68.7 Å². The van der Waals surface area contributed by atoms with Crippen molar-refractivity contribution in [1.29, 1.82) is 0 Å². The molecule has 1 heterocycles. The minimum atomic E-state index is -1.39. The number of aromatic carboxylic acids is 1. The number of carboxylic acids is 2. The monoisotopic (exact) mass is 702 g/mol. The SMILES string of the molecule is Br.C.C.CCc1nc(C(=O)O)cs1.CN.CNC(=S)NC(C)(C)C.CNC(N)=S.O=C(O)C(=O)CBr. The number of carbonyl (C=O) groups is 3. The third kappa shape index (κ3) is 39.7. The summed E-state index contributed by atoms with van der Waals surface area (Å²) in [7, 11) is 4.99. The number of alkyl halides is 1. The normalized spacial score (nSPS) is 8.03. The summed E-state index contributed by atoms with van der Waals surface area (Å²) < 4.78 is 0. The van der Waals surface area contributed by atoms with Gasteiger partial charge in [-0.15, -0.1) is 28.3 Å². The van der Waals surface area contributed by atoms with Crippen molar-refractivity contribution in [1.82, 2.24) is 20.9 Å². The number of carboxylic acid groups (broad SMARTS) is 2. The largest absolute Gasteiger partial charge is 0.476 e. The number of Topliss-reactive ketones (excluding diaryl/α,β-unsaturated/α-hetero) is 1. The molecule has 0 saturated carbocycles. The maximum absolute atomic E-state index is 10.3. The van der Waals surface area contributed by atoms with E-state index in [1.807, 2.05) is 6.92 Å². The van der Waals surface area contributed by atoms with E-state index in [4.69, 9.17) is 28.2 Å². The maximum Gasteiger partial charge on any atom is 0.373 e. The zero-order valence-electron chi connectivity index (χ0n) is 20.2. The lowest BCUT2D eigenvalue weighted by atomic mass is 10.1. The Balaban J connectivity index is -0.0000000607. The highest BCUT2D eigenvalue weighted by Gasteiger charge is 2.09. The van der Waals surface area contributed by atoms with Gasteiger partial charge in [0.05, 0.1) is 10.3 Å². The van der Waals surface area contributed by atoms with Crippen LogP contribution in [0.25, 0.3) is 0 Å². The quantitative estimate of drug-likeness (QED) is 0.138. The van der Waals surface area contributed by atoms with Gasteiger partial charge in [-0.05, 0) is 58.7 Å². The van der Waals surface area contributed by atoms with Gasteiger partial charge in [-0.3, -0.25) is 4.79 Å². The molecule has 0 radical (unpaired) electrons. The first-order valence-corrected chi connectivity index (χ1v) is 12.0. The lowest BCUT2D eigenvalue weighted by Crippen LogP contribution is -2.44. The Labute approximate surface area is 249 Å². The van der Waals surface area contributed by atoms with Gasteiger partial charge >= 0.3 is 11.9 Å². The van der Waals surface area contributed by atoms with Crippen LogP contribution in [0.15, 0.2) is 5.38 Å². The molecule has 16 heteroatoms. The van der Waals surface area contributed by atoms with E-state index in [0.717, 1.165) is 11.4 Å². The summed E-state index contributed by atoms with van der Waals surface area (Å²) in [5, 5.41) is 28.1. The second kappa shape index (κ2) is 31.6. The number of aryl methyl sites for hydroxylation is 1. The van der Waals surface area contributed by atoms with Crippen LogP contribution in [-0.2, 0) is 16.0 Å². The van der Waals surface area contributed by atoms with Crippen molar-refractivity contribution in [2.75, 3.05) is 26.5 Å². The van der Waals surface area contributed by atoms with E-state index >= 15 is 0 Å². The Bertz CT molecular complexity index is 733. The molecule has 216 valence electrons. The molecule has 0 aliphatic rings. The number of hydrogen-bond acceptors (Lipinski definition) is 8. The van der Waals surface area contributed by atoms with Crippen LogP contribution in [0.4, 0.5) is 0 Å². The molecule has 36 heavy (non-hydrogen) atoms. The van der Waals surface area contributed by atoms with Crippen molar-refractivity contribution < 1.29 is 24.6 Å². The second-order valence-electron chi connectivity index (χ2n) is 6.22. The molecule has 0 fully saturated rings. The van der Waals surface area contributed by atoms with Gasteiger partial charge in [0.25, 0.3) is 0 Å². The first-order valence-electron chi connectivity index (χ1n) is 9.19. The lowest BCUT2D eigenvalue weighted by Gasteiger charge is -2.21. The number of nitrogens with one attached hydrogen (secondary N) is 3. The van der Waals surface area contributed by atoms with Crippen molar-refractivity contribution in [2.45, 2.75) is 54.5 Å². The van der Waals surface area contributed by atoms with E-state index in [0.29, 0.717) is 10.2 Å². The Hall–Kier alpha value is -1.46. The second-order valence-corrected chi connectivity index (χ2v) is 8.57. The van der Waals surface area contributed by atoms with Gasteiger partial charge in [-0.1, -0.05) is 37.7 Å². The molecule has 0 saturated heterocycles. The van der Waals surface area contributed by atoms with Gasteiger partial charge < -0.3 is 37.6 Å². The van der Waals surface area contributed by atoms with Gasteiger partial charge in [0.2, 0.25) is 5.78 Å². The van der Waals surface area contributed by atoms with Crippen LogP contribution in [0, 0.1) is 0 Å². The van der Waals surface area contributed by atoms with E-state index in [2.05, 4.69) is 75.6 Å². The number of aliphatic carboxylic acids is 1. The van der Waals surface area contributed by atoms with Crippen molar-refractivity contribution >= 4 is 96.6 Å². The molecule has 0 aliphatic carbocycles. The lowest BCUT2D eigenvalue weighted by molar-refractivity contribution is -0.147. The Morgan fingerprint density at radius 1 is 1.11 bits per heavy atom. The van der Waals surface area contributed by atoms with Gasteiger partial charge in [0.15, 0.2) is 15.9 Å². The molecule has 0 atom stereocenters. The van der Waals surface area contributed by atoms with Gasteiger partial charge in [-0.25, -0.2) is 14.6 Å². The number of ketones is 1. The van der Waals surface area contributed by atoms with E-state index in [1.54, 1.807) is 19.5 Å². The van der Waals surface area contributed by atoms with Crippen LogP contribution in [-0.4, -0.2) is 75.2 Å². The predicted octanol–water partition coefficient (Wildman–Crippen LogP) is 3.19. The third-order valence-electron chi connectivity index (χ3n) is 2.40. The highest BCUT2D eigenvalue weighted by Crippen LogP contribution is 2.09. The summed E-state index contributed by atoms with van der Waals surface area (Å²) in [4.78, 5) is 33.5. The van der Waals surface area contributed by atoms with Crippen LogP contribution in [0.1, 0.15) is 58.0 Å².